The van der Waals surface area contributed by atoms with Crippen LogP contribution in [0.25, 0.3) is 85.9 Å². The number of para-hydroxylation sites is 2. The van der Waals surface area contributed by atoms with Crippen molar-refractivity contribution in [2.45, 2.75) is 0 Å². The van der Waals surface area contributed by atoms with E-state index in [1.54, 1.807) is 11.3 Å². The Morgan fingerprint density at radius 3 is 1.56 bits per heavy atom. The smallest absolute Gasteiger partial charge is 0.235 e. The zero-order valence-electron chi connectivity index (χ0n) is 32.2. The second-order valence-electron chi connectivity index (χ2n) is 15.2. The first-order chi connectivity index (χ1) is 30.2. The molecule has 0 fully saturated rings. The third kappa shape index (κ3) is 5.45. The van der Waals surface area contributed by atoms with E-state index in [0.29, 0.717) is 11.8 Å². The summed E-state index contributed by atoms with van der Waals surface area (Å²) in [6.07, 6.45) is 1.87. The van der Waals surface area contributed by atoms with Crippen LogP contribution < -0.4 is 9.80 Å². The van der Waals surface area contributed by atoms with Crippen LogP contribution in [0, 0.1) is 0 Å². The average molecular weight is 803 g/mol. The highest BCUT2D eigenvalue weighted by atomic mass is 32.1. The van der Waals surface area contributed by atoms with Gasteiger partial charge in [-0.25, -0.2) is 9.97 Å². The molecule has 5 aromatic heterocycles. The summed E-state index contributed by atoms with van der Waals surface area (Å²) in [5.74, 6) is 1.21. The van der Waals surface area contributed by atoms with Gasteiger partial charge in [-0.1, -0.05) is 97.1 Å². The first-order valence-electron chi connectivity index (χ1n) is 20.0. The van der Waals surface area contributed by atoms with Gasteiger partial charge in [0, 0.05) is 57.3 Å². The fraction of sp³-hybridized carbons (Fsp3) is 0. The lowest BCUT2D eigenvalue weighted by Crippen LogP contribution is -2.13. The van der Waals surface area contributed by atoms with Gasteiger partial charge < -0.3 is 8.83 Å². The van der Waals surface area contributed by atoms with Crippen molar-refractivity contribution < 1.29 is 8.83 Å². The van der Waals surface area contributed by atoms with Crippen molar-refractivity contribution in [1.82, 2.24) is 20.2 Å². The van der Waals surface area contributed by atoms with Crippen molar-refractivity contribution in [1.29, 1.82) is 0 Å². The van der Waals surface area contributed by atoms with Crippen LogP contribution >= 0.6 is 11.3 Å². The minimum Gasteiger partial charge on any atom is -0.456 e. The zero-order valence-corrected chi connectivity index (χ0v) is 33.0. The molecule has 8 aromatic carbocycles. The summed E-state index contributed by atoms with van der Waals surface area (Å²) in [5.41, 5.74) is 7.75. The molecule has 8 nitrogen and oxygen atoms in total. The summed E-state index contributed by atoms with van der Waals surface area (Å²) in [6.45, 7) is 0. The maximum Gasteiger partial charge on any atom is 0.235 e. The number of nitrogens with zero attached hydrogens (tertiary/aromatic N) is 6. The van der Waals surface area contributed by atoms with E-state index in [1.165, 1.54) is 0 Å². The van der Waals surface area contributed by atoms with Crippen LogP contribution in [0.4, 0.5) is 34.5 Å². The first-order valence-corrected chi connectivity index (χ1v) is 20.8. The number of furan rings is 2. The zero-order chi connectivity index (χ0) is 40.0. The molecule has 286 valence electrons. The van der Waals surface area contributed by atoms with Gasteiger partial charge in [-0.2, -0.15) is 0 Å². The SMILES string of the molecule is c1ccc2cc(N(c3ccc4c(c3)oc3ccccc34)c3cc4sc5nc(N(c6ccc7ccccc7c6)c6ccc7c(c6)oc6ccccc67)ncc5c4nn3)ccc2c1. The molecule has 9 heteroatoms. The van der Waals surface area contributed by atoms with E-state index in [9.17, 15) is 0 Å². The van der Waals surface area contributed by atoms with Crippen molar-refractivity contribution in [3.05, 3.63) is 182 Å². The lowest BCUT2D eigenvalue weighted by molar-refractivity contribution is 0.668. The molecule has 0 atom stereocenters. The molecule has 0 spiro atoms. The van der Waals surface area contributed by atoms with E-state index < -0.39 is 0 Å². The fourth-order valence-corrected chi connectivity index (χ4v) is 9.69. The van der Waals surface area contributed by atoms with E-state index in [1.807, 2.05) is 42.6 Å². The Bertz CT molecular complexity index is 3640. The Balaban J connectivity index is 0.961. The highest BCUT2D eigenvalue weighted by molar-refractivity contribution is 7.25. The number of benzene rings is 8. The van der Waals surface area contributed by atoms with E-state index in [0.717, 1.165) is 109 Å². The minimum atomic E-state index is 0.537. The molecule has 0 aliphatic heterocycles. The Labute approximate surface area is 351 Å². The summed E-state index contributed by atoms with van der Waals surface area (Å²) < 4.78 is 13.7. The third-order valence-electron chi connectivity index (χ3n) is 11.6. The molecule has 0 unspecified atom stereocenters. The van der Waals surface area contributed by atoms with Crippen molar-refractivity contribution in [3.8, 4) is 0 Å². The second-order valence-corrected chi connectivity index (χ2v) is 16.2. The number of aromatic nitrogens is 4. The standard InChI is InChI=1S/C52H30N6O2S/c1-3-11-33-25-35(19-17-31(33)9-1)57(37-21-23-41-39-13-5-7-15-44(39)59-46(41)27-37)49-29-48-50(56-55-49)43-30-53-52(54-51(43)61-48)58(36-20-18-32-10-2-4-12-34(32)26-36)38-22-24-42-40-14-6-8-16-45(40)60-47(42)28-38/h1-30H. The Kier molecular flexibility index (Phi) is 7.31. The molecule has 0 saturated heterocycles. The maximum absolute atomic E-state index is 6.36. The molecule has 0 bridgehead atoms. The van der Waals surface area contributed by atoms with Gasteiger partial charge in [0.05, 0.1) is 21.5 Å². The average Bonchev–Trinajstić information content (AvgIpc) is 3.99. The van der Waals surface area contributed by atoms with E-state index >= 15 is 0 Å². The topological polar surface area (TPSA) is 84.3 Å². The van der Waals surface area contributed by atoms with Gasteiger partial charge in [-0.05, 0) is 82.2 Å². The predicted octanol–water partition coefficient (Wildman–Crippen LogP) is 14.7. The monoisotopic (exact) mass is 802 g/mol. The molecule has 0 radical (unpaired) electrons. The molecule has 0 aliphatic carbocycles. The number of fused-ring (bicyclic) bond motifs is 11. The van der Waals surface area contributed by atoms with Crippen LogP contribution in [0.5, 0.6) is 0 Å². The van der Waals surface area contributed by atoms with Gasteiger partial charge in [0.15, 0.2) is 5.82 Å². The number of anilines is 6. The summed E-state index contributed by atoms with van der Waals surface area (Å²) in [6, 6.07) is 60.7. The van der Waals surface area contributed by atoms with Gasteiger partial charge in [0.1, 0.15) is 32.7 Å². The van der Waals surface area contributed by atoms with E-state index in [-0.39, 0.29) is 0 Å². The van der Waals surface area contributed by atoms with Gasteiger partial charge in [-0.3, -0.25) is 9.80 Å². The number of hydrogen-bond acceptors (Lipinski definition) is 9. The highest BCUT2D eigenvalue weighted by Crippen LogP contribution is 2.43. The largest absolute Gasteiger partial charge is 0.456 e. The summed E-state index contributed by atoms with van der Waals surface area (Å²) in [7, 11) is 0. The van der Waals surface area contributed by atoms with Crippen molar-refractivity contribution >= 4 is 132 Å². The van der Waals surface area contributed by atoms with Gasteiger partial charge >= 0.3 is 0 Å². The van der Waals surface area contributed by atoms with Crippen LogP contribution in [-0.4, -0.2) is 20.2 Å². The summed E-state index contributed by atoms with van der Waals surface area (Å²) in [5, 5.41) is 19.5. The highest BCUT2D eigenvalue weighted by Gasteiger charge is 2.23. The van der Waals surface area contributed by atoms with Crippen molar-refractivity contribution in [2.75, 3.05) is 9.80 Å². The van der Waals surface area contributed by atoms with Crippen molar-refractivity contribution in [2.24, 2.45) is 0 Å². The van der Waals surface area contributed by atoms with Crippen LogP contribution in [0.1, 0.15) is 0 Å². The number of hydrogen-bond donors (Lipinski definition) is 0. The molecule has 5 heterocycles. The lowest BCUT2D eigenvalue weighted by atomic mass is 10.1. The van der Waals surface area contributed by atoms with Crippen LogP contribution in [0.3, 0.4) is 0 Å². The molecular weight excluding hydrogens is 773 g/mol. The van der Waals surface area contributed by atoms with E-state index in [4.69, 9.17) is 29.0 Å². The quantitative estimate of drug-likeness (QED) is 0.164. The second kappa shape index (κ2) is 13.2. The van der Waals surface area contributed by atoms with E-state index in [2.05, 4.69) is 149 Å². The number of thiophene rings is 1. The Morgan fingerprint density at radius 1 is 0.410 bits per heavy atom. The summed E-state index contributed by atoms with van der Waals surface area (Å²) >= 11 is 1.58. The Morgan fingerprint density at radius 2 is 0.918 bits per heavy atom. The number of rotatable bonds is 6. The normalized spacial score (nSPS) is 11.9. The molecule has 13 aromatic rings. The van der Waals surface area contributed by atoms with Crippen LogP contribution in [0.2, 0.25) is 0 Å². The lowest BCUT2D eigenvalue weighted by Gasteiger charge is -2.24. The first kappa shape index (κ1) is 33.8. The molecule has 13 rings (SSSR count). The molecule has 0 aliphatic rings. The fourth-order valence-electron chi connectivity index (χ4n) is 8.68. The third-order valence-corrected chi connectivity index (χ3v) is 12.6. The van der Waals surface area contributed by atoms with Crippen LogP contribution in [-0.2, 0) is 0 Å². The predicted molar refractivity (Wildman–Crippen MR) is 249 cm³/mol. The summed E-state index contributed by atoms with van der Waals surface area (Å²) in [4.78, 5) is 15.3. The molecule has 61 heavy (non-hydrogen) atoms. The molecule has 0 saturated carbocycles. The van der Waals surface area contributed by atoms with Crippen LogP contribution in [0.15, 0.2) is 191 Å². The van der Waals surface area contributed by atoms with Gasteiger partial charge in [0.2, 0.25) is 5.95 Å². The minimum absolute atomic E-state index is 0.537. The van der Waals surface area contributed by atoms with Crippen molar-refractivity contribution in [3.63, 3.8) is 0 Å². The molecule has 0 amide bonds. The molecule has 0 N–H and O–H groups in total. The van der Waals surface area contributed by atoms with Gasteiger partial charge in [0.25, 0.3) is 0 Å². The Hall–Kier alpha value is -8.14. The van der Waals surface area contributed by atoms with Gasteiger partial charge in [-0.15, -0.1) is 21.5 Å². The maximum atomic E-state index is 6.36. The molecular formula is C52H30N6O2S.